The molecule has 0 amide bonds. The van der Waals surface area contributed by atoms with E-state index in [1.54, 1.807) is 12.1 Å². The van der Waals surface area contributed by atoms with Gasteiger partial charge < -0.3 is 20.7 Å². The summed E-state index contributed by atoms with van der Waals surface area (Å²) < 4.78 is 28.8. The van der Waals surface area contributed by atoms with Crippen molar-refractivity contribution in [3.63, 3.8) is 0 Å². The van der Waals surface area contributed by atoms with E-state index in [0.717, 1.165) is 35.6 Å². The number of nitrogens with one attached hydrogen (secondary N) is 3. The Bertz CT molecular complexity index is 1180. The van der Waals surface area contributed by atoms with Gasteiger partial charge in [-0.3, -0.25) is 0 Å². The topological polar surface area (TPSA) is 131 Å². The molecule has 0 bridgehead atoms. The summed E-state index contributed by atoms with van der Waals surface area (Å²) in [6.45, 7) is 3.81. The highest BCUT2D eigenvalue weighted by Crippen LogP contribution is 2.30. The number of aromatic nitrogens is 2. The van der Waals surface area contributed by atoms with Crippen LogP contribution in [0.25, 0.3) is 0 Å². The third kappa shape index (κ3) is 5.10. The van der Waals surface area contributed by atoms with Crippen LogP contribution in [0.2, 0.25) is 0 Å². The summed E-state index contributed by atoms with van der Waals surface area (Å²) in [5.74, 6) is 0.974. The molecule has 162 valence electrons. The smallest absolute Gasteiger partial charge is 0.238 e. The van der Waals surface area contributed by atoms with Gasteiger partial charge in [0.1, 0.15) is 5.82 Å². The summed E-state index contributed by atoms with van der Waals surface area (Å²) in [4.78, 5) is 9.17. The fourth-order valence-electron chi connectivity index (χ4n) is 3.17. The Morgan fingerprint density at radius 2 is 1.77 bits per heavy atom. The van der Waals surface area contributed by atoms with E-state index in [1.807, 2.05) is 24.3 Å². The molecule has 10 heteroatoms. The van der Waals surface area contributed by atoms with E-state index in [4.69, 9.17) is 9.88 Å². The van der Waals surface area contributed by atoms with Crippen LogP contribution >= 0.6 is 0 Å². The monoisotopic (exact) mass is 440 g/mol. The molecule has 0 fully saturated rings. The molecule has 0 saturated carbocycles. The van der Waals surface area contributed by atoms with Crippen molar-refractivity contribution in [3.05, 3.63) is 59.8 Å². The molecule has 1 aliphatic rings. The predicted molar refractivity (Wildman–Crippen MR) is 120 cm³/mol. The van der Waals surface area contributed by atoms with Gasteiger partial charge in [-0.1, -0.05) is 13.0 Å². The minimum atomic E-state index is -3.80. The number of primary sulfonamides is 1. The Kier molecular flexibility index (Phi) is 6.03. The third-order valence-electron chi connectivity index (χ3n) is 4.72. The highest BCUT2D eigenvalue weighted by molar-refractivity contribution is 7.89. The number of fused-ring (bicyclic) bond motifs is 1. The number of sulfonamides is 1. The normalized spacial score (nSPS) is 13.0. The lowest BCUT2D eigenvalue weighted by Crippen LogP contribution is -2.12. The van der Waals surface area contributed by atoms with E-state index in [0.29, 0.717) is 30.7 Å². The SMILES string of the molecule is CCCNc1ccc(Nc2nc3c(c(Nc4cccc(S(N)(=O)=O)c4)n2)COC3)cc1. The largest absolute Gasteiger partial charge is 0.385 e. The van der Waals surface area contributed by atoms with Gasteiger partial charge in [0.25, 0.3) is 0 Å². The first-order valence-corrected chi connectivity index (χ1v) is 11.5. The minimum absolute atomic E-state index is 0.0228. The molecule has 1 aliphatic heterocycles. The van der Waals surface area contributed by atoms with Crippen LogP contribution in [-0.4, -0.2) is 24.9 Å². The molecule has 5 N–H and O–H groups in total. The van der Waals surface area contributed by atoms with Gasteiger partial charge in [-0.2, -0.15) is 4.98 Å². The molecule has 3 aromatic rings. The molecule has 0 aliphatic carbocycles. The summed E-state index contributed by atoms with van der Waals surface area (Å²) in [6.07, 6.45) is 1.06. The van der Waals surface area contributed by atoms with Crippen LogP contribution in [0, 0.1) is 0 Å². The molecule has 0 saturated heterocycles. The number of hydrogen-bond donors (Lipinski definition) is 4. The molecule has 0 radical (unpaired) electrons. The summed E-state index contributed by atoms with van der Waals surface area (Å²) in [7, 11) is -3.80. The highest BCUT2D eigenvalue weighted by Gasteiger charge is 2.21. The van der Waals surface area contributed by atoms with E-state index in [2.05, 4.69) is 32.8 Å². The number of hydrogen-bond acceptors (Lipinski definition) is 8. The van der Waals surface area contributed by atoms with Gasteiger partial charge in [0.05, 0.1) is 23.8 Å². The van der Waals surface area contributed by atoms with Gasteiger partial charge in [0.15, 0.2) is 0 Å². The van der Waals surface area contributed by atoms with Gasteiger partial charge in [0, 0.05) is 29.2 Å². The highest BCUT2D eigenvalue weighted by atomic mass is 32.2. The second-order valence-corrected chi connectivity index (χ2v) is 8.70. The van der Waals surface area contributed by atoms with Crippen molar-refractivity contribution in [3.8, 4) is 0 Å². The lowest BCUT2D eigenvalue weighted by Gasteiger charge is -2.13. The molecule has 31 heavy (non-hydrogen) atoms. The molecule has 0 spiro atoms. The Morgan fingerprint density at radius 3 is 2.52 bits per heavy atom. The van der Waals surface area contributed by atoms with Crippen molar-refractivity contribution < 1.29 is 13.2 Å². The van der Waals surface area contributed by atoms with Crippen LogP contribution in [0.5, 0.6) is 0 Å². The number of benzene rings is 2. The number of anilines is 5. The average Bonchev–Trinajstić information content (AvgIpc) is 3.22. The Labute approximate surface area is 181 Å². The maximum absolute atomic E-state index is 11.7. The van der Waals surface area contributed by atoms with E-state index >= 15 is 0 Å². The molecule has 2 heterocycles. The van der Waals surface area contributed by atoms with Crippen molar-refractivity contribution in [1.29, 1.82) is 0 Å². The van der Waals surface area contributed by atoms with E-state index in [9.17, 15) is 8.42 Å². The molecule has 0 atom stereocenters. The van der Waals surface area contributed by atoms with Crippen molar-refractivity contribution in [2.24, 2.45) is 5.14 Å². The maximum atomic E-state index is 11.7. The van der Waals surface area contributed by atoms with Crippen molar-refractivity contribution in [2.45, 2.75) is 31.5 Å². The number of ether oxygens (including phenoxy) is 1. The van der Waals surface area contributed by atoms with Gasteiger partial charge >= 0.3 is 0 Å². The zero-order valence-electron chi connectivity index (χ0n) is 17.1. The predicted octanol–water partition coefficient (Wildman–Crippen LogP) is 3.46. The van der Waals surface area contributed by atoms with Gasteiger partial charge in [-0.25, -0.2) is 18.5 Å². The molecular weight excluding hydrogens is 416 g/mol. The van der Waals surface area contributed by atoms with Crippen LogP contribution in [0.4, 0.5) is 28.8 Å². The van der Waals surface area contributed by atoms with E-state index < -0.39 is 10.0 Å². The second kappa shape index (κ2) is 8.88. The van der Waals surface area contributed by atoms with Gasteiger partial charge in [0.2, 0.25) is 16.0 Å². The second-order valence-electron chi connectivity index (χ2n) is 7.14. The fourth-order valence-corrected chi connectivity index (χ4v) is 3.73. The standard InChI is InChI=1S/C21H24N6O3S/c1-2-10-23-14-6-8-15(9-7-14)25-21-26-19-13-30-12-18(19)20(27-21)24-16-4-3-5-17(11-16)31(22,28)29/h3-9,11,23H,2,10,12-13H2,1H3,(H2,22,28,29)(H2,24,25,26,27). The Hall–Kier alpha value is -3.21. The average molecular weight is 441 g/mol. The summed E-state index contributed by atoms with van der Waals surface area (Å²) in [6, 6.07) is 14.2. The first-order chi connectivity index (χ1) is 14.9. The quantitative estimate of drug-likeness (QED) is 0.419. The number of nitrogens with two attached hydrogens (primary N) is 1. The van der Waals surface area contributed by atoms with E-state index in [1.165, 1.54) is 12.1 Å². The first-order valence-electron chi connectivity index (χ1n) is 9.91. The first kappa shape index (κ1) is 21.0. The van der Waals surface area contributed by atoms with Crippen molar-refractivity contribution in [1.82, 2.24) is 9.97 Å². The lowest BCUT2D eigenvalue weighted by molar-refractivity contribution is 0.133. The molecular formula is C21H24N6O3S. The Morgan fingerprint density at radius 1 is 1.00 bits per heavy atom. The third-order valence-corrected chi connectivity index (χ3v) is 5.63. The molecule has 4 rings (SSSR count). The van der Waals surface area contributed by atoms with Gasteiger partial charge in [-0.15, -0.1) is 0 Å². The van der Waals surface area contributed by atoms with Crippen LogP contribution < -0.4 is 21.1 Å². The zero-order chi connectivity index (χ0) is 21.8. The van der Waals surface area contributed by atoms with Crippen molar-refractivity contribution >= 4 is 38.9 Å². The molecule has 2 aromatic carbocycles. The van der Waals surface area contributed by atoms with Crippen LogP contribution in [-0.2, 0) is 28.0 Å². The summed E-state index contributed by atoms with van der Waals surface area (Å²) in [5, 5.41) is 15.0. The minimum Gasteiger partial charge on any atom is -0.385 e. The number of nitrogens with zero attached hydrogens (tertiary/aromatic N) is 2. The molecule has 1 aromatic heterocycles. The van der Waals surface area contributed by atoms with Crippen molar-refractivity contribution in [2.75, 3.05) is 22.5 Å². The molecule has 9 nitrogen and oxygen atoms in total. The van der Waals surface area contributed by atoms with Crippen LogP contribution in [0.15, 0.2) is 53.4 Å². The molecule has 0 unspecified atom stereocenters. The van der Waals surface area contributed by atoms with E-state index in [-0.39, 0.29) is 4.90 Å². The van der Waals surface area contributed by atoms with Crippen LogP contribution in [0.3, 0.4) is 0 Å². The number of rotatable bonds is 8. The summed E-state index contributed by atoms with van der Waals surface area (Å²) >= 11 is 0. The summed E-state index contributed by atoms with van der Waals surface area (Å²) in [5.41, 5.74) is 4.07. The fraction of sp³-hybridized carbons (Fsp3) is 0.238. The zero-order valence-corrected chi connectivity index (χ0v) is 17.9. The van der Waals surface area contributed by atoms with Gasteiger partial charge in [-0.05, 0) is 48.9 Å². The van der Waals surface area contributed by atoms with Crippen LogP contribution in [0.1, 0.15) is 24.6 Å². The maximum Gasteiger partial charge on any atom is 0.238 e. The Balaban J connectivity index is 1.58. The lowest BCUT2D eigenvalue weighted by atomic mass is 10.2.